The molecule has 1 aromatic rings. The number of hydrogen-bond acceptors (Lipinski definition) is 8. The quantitative estimate of drug-likeness (QED) is 0.200. The van der Waals surface area contributed by atoms with Crippen LogP contribution in [0.15, 0.2) is 41.5 Å². The molecule has 0 aromatic carbocycles. The van der Waals surface area contributed by atoms with E-state index in [2.05, 4.69) is 5.32 Å². The lowest BCUT2D eigenvalue weighted by Crippen LogP contribution is -2.12. The molecule has 1 heterocycles. The molecule has 0 atom stereocenters. The fraction of sp³-hybridized carbons (Fsp3) is 0.360. The summed E-state index contributed by atoms with van der Waals surface area (Å²) < 4.78 is 15.2. The Kier molecular flexibility index (Phi) is 12.3. The van der Waals surface area contributed by atoms with Gasteiger partial charge in [-0.3, -0.25) is 4.79 Å². The van der Waals surface area contributed by atoms with Crippen molar-refractivity contribution in [2.45, 2.75) is 41.5 Å². The van der Waals surface area contributed by atoms with Crippen molar-refractivity contribution in [3.8, 4) is 0 Å². The van der Waals surface area contributed by atoms with Crippen molar-refractivity contribution in [1.82, 2.24) is 0 Å². The highest BCUT2D eigenvalue weighted by atomic mass is 32.1. The highest BCUT2D eigenvalue weighted by Gasteiger charge is 2.28. The molecule has 34 heavy (non-hydrogen) atoms. The maximum Gasteiger partial charge on any atom is 0.349 e. The zero-order chi connectivity index (χ0) is 25.7. The lowest BCUT2D eigenvalue weighted by molar-refractivity contribution is -0.137. The molecule has 184 valence electrons. The smallest absolute Gasteiger partial charge is 0.349 e. The average molecular weight is 490 g/mol. The Hall–Kier alpha value is -3.46. The number of carbonyl (C=O) groups is 4. The Balaban J connectivity index is 3.36. The number of amides is 1. The molecule has 1 rings (SSSR count). The molecule has 0 unspecified atom stereocenters. The minimum atomic E-state index is -0.654. The van der Waals surface area contributed by atoms with E-state index >= 15 is 0 Å². The van der Waals surface area contributed by atoms with E-state index < -0.39 is 17.9 Å². The fourth-order valence-electron chi connectivity index (χ4n) is 2.64. The Morgan fingerprint density at radius 2 is 1.47 bits per heavy atom. The van der Waals surface area contributed by atoms with Crippen molar-refractivity contribution in [2.75, 3.05) is 25.1 Å². The lowest BCUT2D eigenvalue weighted by Gasteiger charge is -2.06. The summed E-state index contributed by atoms with van der Waals surface area (Å²) in [6.45, 7) is 10.6. The van der Waals surface area contributed by atoms with Crippen LogP contribution in [0.25, 0.3) is 6.08 Å². The summed E-state index contributed by atoms with van der Waals surface area (Å²) in [7, 11) is 0. The van der Waals surface area contributed by atoms with Gasteiger partial charge in [0.25, 0.3) is 0 Å². The monoisotopic (exact) mass is 489 g/mol. The van der Waals surface area contributed by atoms with Crippen molar-refractivity contribution in [3.05, 3.63) is 57.5 Å². The largest absolute Gasteiger partial charge is 0.463 e. The summed E-state index contributed by atoms with van der Waals surface area (Å²) in [5.74, 6) is -2.05. The molecule has 0 spiro atoms. The summed E-state index contributed by atoms with van der Waals surface area (Å²) >= 11 is 0.956. The highest BCUT2D eigenvalue weighted by Crippen LogP contribution is 2.36. The normalized spacial score (nSPS) is 12.2. The van der Waals surface area contributed by atoms with Crippen molar-refractivity contribution in [3.63, 3.8) is 0 Å². The number of thiophene rings is 1. The van der Waals surface area contributed by atoms with Crippen LogP contribution in [0.4, 0.5) is 5.00 Å². The first-order chi connectivity index (χ1) is 16.1. The van der Waals surface area contributed by atoms with Crippen LogP contribution >= 0.6 is 11.3 Å². The molecule has 0 saturated carbocycles. The predicted molar refractivity (Wildman–Crippen MR) is 133 cm³/mol. The van der Waals surface area contributed by atoms with E-state index in [1.807, 2.05) is 6.92 Å². The van der Waals surface area contributed by atoms with Gasteiger partial charge in [0.2, 0.25) is 5.91 Å². The van der Waals surface area contributed by atoms with Crippen LogP contribution in [0.5, 0.6) is 0 Å². The zero-order valence-electron chi connectivity index (χ0n) is 20.4. The van der Waals surface area contributed by atoms with Gasteiger partial charge >= 0.3 is 17.9 Å². The molecular weight excluding hydrogens is 458 g/mol. The van der Waals surface area contributed by atoms with Gasteiger partial charge in [-0.2, -0.15) is 0 Å². The third kappa shape index (κ3) is 9.19. The van der Waals surface area contributed by atoms with Gasteiger partial charge < -0.3 is 19.5 Å². The maximum absolute atomic E-state index is 12.7. The fourth-order valence-corrected chi connectivity index (χ4v) is 3.76. The van der Waals surface area contributed by atoms with Crippen LogP contribution in [0.1, 0.15) is 67.1 Å². The van der Waals surface area contributed by atoms with Gasteiger partial charge in [0.1, 0.15) is 15.4 Å². The van der Waals surface area contributed by atoms with E-state index in [0.29, 0.717) is 12.2 Å². The highest BCUT2D eigenvalue weighted by molar-refractivity contribution is 7.18. The van der Waals surface area contributed by atoms with Gasteiger partial charge in [-0.25, -0.2) is 14.4 Å². The van der Waals surface area contributed by atoms with E-state index in [9.17, 15) is 19.2 Å². The Morgan fingerprint density at radius 1 is 0.853 bits per heavy atom. The standard InChI is InChI=1S/C25H31NO7S/c1-7-31-20(28)15-17(5)12-10-11-16(4)13-14-19-21(24(29)32-8-2)23(26-18(6)27)34-22(19)25(30)33-9-3/h10-15H,7-9H2,1-6H3,(H,26,27). The summed E-state index contributed by atoms with van der Waals surface area (Å²) in [6, 6.07) is 0. The summed E-state index contributed by atoms with van der Waals surface area (Å²) in [5, 5.41) is 2.81. The van der Waals surface area contributed by atoms with Gasteiger partial charge in [-0.1, -0.05) is 36.0 Å². The number of rotatable bonds is 11. The number of anilines is 1. The summed E-state index contributed by atoms with van der Waals surface area (Å²) in [5.41, 5.74) is 1.93. The maximum atomic E-state index is 12.7. The molecule has 9 heteroatoms. The number of hydrogen-bond donors (Lipinski definition) is 1. The predicted octanol–water partition coefficient (Wildman–Crippen LogP) is 5.09. The van der Waals surface area contributed by atoms with Gasteiger partial charge in [0.15, 0.2) is 0 Å². The first kappa shape index (κ1) is 28.6. The van der Waals surface area contributed by atoms with Crippen molar-refractivity contribution >= 4 is 46.2 Å². The molecule has 0 aliphatic rings. The van der Waals surface area contributed by atoms with Crippen LogP contribution in [0.3, 0.4) is 0 Å². The second-order valence-corrected chi connectivity index (χ2v) is 7.94. The van der Waals surface area contributed by atoms with Gasteiger partial charge in [0.05, 0.1) is 19.8 Å². The van der Waals surface area contributed by atoms with Crippen LogP contribution in [-0.2, 0) is 23.8 Å². The molecule has 0 radical (unpaired) electrons. The SMILES string of the molecule is CCOC(=O)C=C(C)C=CC=C(C)C=Cc1c(C(=O)OCC)sc(NC(C)=O)c1C(=O)OCC. The van der Waals surface area contributed by atoms with Crippen molar-refractivity contribution in [2.24, 2.45) is 0 Å². The van der Waals surface area contributed by atoms with E-state index in [0.717, 1.165) is 22.5 Å². The Labute approximate surface area is 204 Å². The third-order valence-corrected chi connectivity index (χ3v) is 5.14. The molecule has 8 nitrogen and oxygen atoms in total. The third-order valence-electron chi connectivity index (χ3n) is 4.04. The number of nitrogens with one attached hydrogen (secondary N) is 1. The number of allylic oxidation sites excluding steroid dienone is 6. The van der Waals surface area contributed by atoms with E-state index in [4.69, 9.17) is 14.2 Å². The molecule has 0 saturated heterocycles. The van der Waals surface area contributed by atoms with E-state index in [1.54, 1.807) is 58.1 Å². The van der Waals surface area contributed by atoms with Gasteiger partial charge in [-0.05, 0) is 40.2 Å². The first-order valence-corrected chi connectivity index (χ1v) is 11.6. The average Bonchev–Trinajstić information content (AvgIpc) is 3.10. The number of ether oxygens (including phenoxy) is 3. The summed E-state index contributed by atoms with van der Waals surface area (Å²) in [4.78, 5) is 48.5. The van der Waals surface area contributed by atoms with E-state index in [1.165, 1.54) is 13.0 Å². The molecule has 1 N–H and O–H groups in total. The topological polar surface area (TPSA) is 108 Å². The van der Waals surface area contributed by atoms with Crippen LogP contribution in [-0.4, -0.2) is 43.6 Å². The summed E-state index contributed by atoms with van der Waals surface area (Å²) in [6.07, 6.45) is 10.0. The van der Waals surface area contributed by atoms with Crippen molar-refractivity contribution < 1.29 is 33.4 Å². The first-order valence-electron chi connectivity index (χ1n) is 10.8. The number of esters is 3. The van der Waals surface area contributed by atoms with Crippen LogP contribution in [0, 0.1) is 0 Å². The second kappa shape index (κ2) is 14.6. The molecular formula is C25H31NO7S. The molecule has 0 fully saturated rings. The minimum absolute atomic E-state index is 0.0953. The second-order valence-electron chi connectivity index (χ2n) is 6.91. The Bertz CT molecular complexity index is 1030. The van der Waals surface area contributed by atoms with Crippen LogP contribution in [0.2, 0.25) is 0 Å². The Morgan fingerprint density at radius 3 is 2.06 bits per heavy atom. The van der Waals surface area contributed by atoms with E-state index in [-0.39, 0.29) is 34.6 Å². The van der Waals surface area contributed by atoms with Gasteiger partial charge in [0, 0.05) is 18.6 Å². The molecule has 0 aliphatic carbocycles. The molecule has 1 amide bonds. The molecule has 1 aromatic heterocycles. The molecule has 0 bridgehead atoms. The minimum Gasteiger partial charge on any atom is -0.463 e. The van der Waals surface area contributed by atoms with Gasteiger partial charge in [-0.15, -0.1) is 11.3 Å². The zero-order valence-corrected chi connectivity index (χ0v) is 21.2. The number of carbonyl (C=O) groups excluding carboxylic acids is 4. The van der Waals surface area contributed by atoms with Crippen molar-refractivity contribution in [1.29, 1.82) is 0 Å². The lowest BCUT2D eigenvalue weighted by atomic mass is 10.1. The van der Waals surface area contributed by atoms with Crippen LogP contribution < -0.4 is 5.32 Å². The molecule has 0 aliphatic heterocycles.